The highest BCUT2D eigenvalue weighted by atomic mass is 35.5. The van der Waals surface area contributed by atoms with Crippen LogP contribution in [0.3, 0.4) is 0 Å². The van der Waals surface area contributed by atoms with Gasteiger partial charge in [-0.2, -0.15) is 5.10 Å². The third kappa shape index (κ3) is 2.77. The van der Waals surface area contributed by atoms with Crippen molar-refractivity contribution in [3.63, 3.8) is 0 Å². The maximum atomic E-state index is 11.4. The third-order valence-corrected chi connectivity index (χ3v) is 3.10. The van der Waals surface area contributed by atoms with Crippen LogP contribution in [0, 0.1) is 0 Å². The zero-order chi connectivity index (χ0) is 14.0. The second kappa shape index (κ2) is 5.42. The average Bonchev–Trinajstić information content (AvgIpc) is 2.87. The van der Waals surface area contributed by atoms with Crippen molar-refractivity contribution < 1.29 is 4.79 Å². The van der Waals surface area contributed by atoms with Crippen LogP contribution in [0.15, 0.2) is 30.5 Å². The van der Waals surface area contributed by atoms with Crippen LogP contribution in [0.4, 0.5) is 0 Å². The molecule has 0 aliphatic carbocycles. The molecule has 1 aromatic heterocycles. The van der Waals surface area contributed by atoms with Crippen LogP contribution in [0.5, 0.6) is 0 Å². The summed E-state index contributed by atoms with van der Waals surface area (Å²) < 4.78 is 1.57. The molecular weight excluding hydrogens is 264 g/mol. The molecule has 0 bridgehead atoms. The Labute approximate surface area is 116 Å². The van der Waals surface area contributed by atoms with E-state index in [1.54, 1.807) is 24.0 Å². The number of carbonyl (C=O) groups excluding carboxylic acids is 1. The predicted octanol–water partition coefficient (Wildman–Crippen LogP) is 1.91. The van der Waals surface area contributed by atoms with Gasteiger partial charge in [0.05, 0.1) is 10.7 Å². The van der Waals surface area contributed by atoms with Gasteiger partial charge in [-0.25, -0.2) is 4.68 Å². The number of nitrogens with one attached hydrogen (secondary N) is 1. The first-order valence-electron chi connectivity index (χ1n) is 5.86. The molecule has 1 atom stereocenters. The third-order valence-electron chi connectivity index (χ3n) is 2.79. The fourth-order valence-corrected chi connectivity index (χ4v) is 1.98. The number of nitrogens with two attached hydrogens (primary N) is 1. The van der Waals surface area contributed by atoms with Gasteiger partial charge in [0.2, 0.25) is 0 Å². The monoisotopic (exact) mass is 278 g/mol. The lowest BCUT2D eigenvalue weighted by molar-refractivity contribution is 0.0957. The van der Waals surface area contributed by atoms with Crippen LogP contribution in [-0.2, 0) is 0 Å². The van der Waals surface area contributed by atoms with Crippen molar-refractivity contribution >= 4 is 17.5 Å². The molecule has 0 fully saturated rings. The van der Waals surface area contributed by atoms with Crippen LogP contribution in [0.2, 0.25) is 5.02 Å². The van der Waals surface area contributed by atoms with Gasteiger partial charge in [0, 0.05) is 19.3 Å². The largest absolute Gasteiger partial charge is 0.354 e. The summed E-state index contributed by atoms with van der Waals surface area (Å²) in [6.45, 7) is 1.89. The molecule has 0 saturated carbocycles. The number of hydrogen-bond donors (Lipinski definition) is 2. The molecule has 0 aliphatic heterocycles. The fraction of sp³-hybridized carbons (Fsp3) is 0.231. The molecule has 0 spiro atoms. The van der Waals surface area contributed by atoms with Crippen molar-refractivity contribution in [2.75, 3.05) is 7.05 Å². The quantitative estimate of drug-likeness (QED) is 0.901. The molecular formula is C13H15ClN4O. The Morgan fingerprint density at radius 3 is 2.79 bits per heavy atom. The van der Waals surface area contributed by atoms with Crippen molar-refractivity contribution in [2.24, 2.45) is 5.73 Å². The molecule has 2 rings (SSSR count). The summed E-state index contributed by atoms with van der Waals surface area (Å²) in [5.41, 5.74) is 7.80. The maximum Gasteiger partial charge on any atom is 0.271 e. The Morgan fingerprint density at radius 2 is 2.21 bits per heavy atom. The van der Waals surface area contributed by atoms with Crippen molar-refractivity contribution in [1.29, 1.82) is 0 Å². The van der Waals surface area contributed by atoms with Crippen LogP contribution >= 0.6 is 11.6 Å². The Balaban J connectivity index is 2.37. The molecule has 2 aromatic rings. The van der Waals surface area contributed by atoms with Gasteiger partial charge in [0.15, 0.2) is 5.69 Å². The minimum absolute atomic E-state index is 0.0781. The van der Waals surface area contributed by atoms with E-state index in [1.165, 1.54) is 0 Å². The summed E-state index contributed by atoms with van der Waals surface area (Å²) >= 11 is 6.21. The lowest BCUT2D eigenvalue weighted by atomic mass is 10.1. The van der Waals surface area contributed by atoms with Crippen LogP contribution < -0.4 is 11.1 Å². The lowest BCUT2D eigenvalue weighted by Gasteiger charge is -2.09. The first kappa shape index (κ1) is 13.6. The van der Waals surface area contributed by atoms with E-state index in [4.69, 9.17) is 17.3 Å². The van der Waals surface area contributed by atoms with Gasteiger partial charge >= 0.3 is 0 Å². The normalized spacial score (nSPS) is 12.2. The summed E-state index contributed by atoms with van der Waals surface area (Å²) in [4.78, 5) is 11.4. The first-order valence-corrected chi connectivity index (χ1v) is 6.24. The lowest BCUT2D eigenvalue weighted by Crippen LogP contribution is -2.18. The number of amides is 1. The van der Waals surface area contributed by atoms with Crippen LogP contribution in [0.25, 0.3) is 5.69 Å². The summed E-state index contributed by atoms with van der Waals surface area (Å²) in [6, 6.07) is 7.09. The molecule has 1 amide bonds. The molecule has 100 valence electrons. The molecule has 0 aliphatic rings. The van der Waals surface area contributed by atoms with E-state index in [2.05, 4.69) is 10.4 Å². The highest BCUT2D eigenvalue weighted by Gasteiger charge is 2.11. The standard InChI is InChI=1S/C13H15ClN4O/c1-8(15)9-3-4-12(10(14)7-9)18-6-5-11(17-18)13(19)16-2/h3-8H,15H2,1-2H3,(H,16,19)/t8-/m1/s1. The average molecular weight is 279 g/mol. The van der Waals surface area contributed by atoms with E-state index in [1.807, 2.05) is 25.1 Å². The molecule has 3 N–H and O–H groups in total. The summed E-state index contributed by atoms with van der Waals surface area (Å²) in [5.74, 6) is -0.234. The molecule has 5 nitrogen and oxygen atoms in total. The van der Waals surface area contributed by atoms with E-state index < -0.39 is 0 Å². The van der Waals surface area contributed by atoms with Crippen molar-refractivity contribution in [1.82, 2.24) is 15.1 Å². The highest BCUT2D eigenvalue weighted by Crippen LogP contribution is 2.23. The number of rotatable bonds is 3. The number of aromatic nitrogens is 2. The van der Waals surface area contributed by atoms with Crippen LogP contribution in [-0.4, -0.2) is 22.7 Å². The fourth-order valence-electron chi connectivity index (χ4n) is 1.70. The van der Waals surface area contributed by atoms with E-state index >= 15 is 0 Å². The molecule has 1 aromatic carbocycles. The molecule has 0 radical (unpaired) electrons. The van der Waals surface area contributed by atoms with Crippen molar-refractivity contribution in [3.05, 3.63) is 46.7 Å². The summed E-state index contributed by atoms with van der Waals surface area (Å²) in [6.07, 6.45) is 1.69. The Kier molecular flexibility index (Phi) is 3.87. The molecule has 19 heavy (non-hydrogen) atoms. The zero-order valence-corrected chi connectivity index (χ0v) is 11.5. The van der Waals surface area contributed by atoms with Gasteiger partial charge in [0.1, 0.15) is 0 Å². The summed E-state index contributed by atoms with van der Waals surface area (Å²) in [7, 11) is 1.56. The number of hydrogen-bond acceptors (Lipinski definition) is 3. The molecule has 0 saturated heterocycles. The Morgan fingerprint density at radius 1 is 1.47 bits per heavy atom. The zero-order valence-electron chi connectivity index (χ0n) is 10.7. The van der Waals surface area contributed by atoms with Gasteiger partial charge in [-0.05, 0) is 30.7 Å². The second-order valence-corrected chi connectivity index (χ2v) is 4.63. The molecule has 1 heterocycles. The van der Waals surface area contributed by atoms with Crippen molar-refractivity contribution in [3.8, 4) is 5.69 Å². The first-order chi connectivity index (χ1) is 9.02. The number of benzene rings is 1. The maximum absolute atomic E-state index is 11.4. The van der Waals surface area contributed by atoms with Gasteiger partial charge < -0.3 is 11.1 Å². The van der Waals surface area contributed by atoms with E-state index in [0.29, 0.717) is 16.4 Å². The van der Waals surface area contributed by atoms with Gasteiger partial charge in [-0.15, -0.1) is 0 Å². The van der Waals surface area contributed by atoms with Crippen molar-refractivity contribution in [2.45, 2.75) is 13.0 Å². The van der Waals surface area contributed by atoms with E-state index in [-0.39, 0.29) is 11.9 Å². The number of carbonyl (C=O) groups is 1. The SMILES string of the molecule is CNC(=O)c1ccn(-c2ccc([C@@H](C)N)cc2Cl)n1. The second-order valence-electron chi connectivity index (χ2n) is 4.22. The minimum atomic E-state index is -0.234. The van der Waals surface area contributed by atoms with Crippen LogP contribution in [0.1, 0.15) is 29.0 Å². The van der Waals surface area contributed by atoms with E-state index in [9.17, 15) is 4.79 Å². The van der Waals surface area contributed by atoms with Gasteiger partial charge in [0.25, 0.3) is 5.91 Å². The van der Waals surface area contributed by atoms with E-state index in [0.717, 1.165) is 5.56 Å². The van der Waals surface area contributed by atoms with Gasteiger partial charge in [-0.1, -0.05) is 17.7 Å². The Bertz CT molecular complexity index is 606. The Hall–Kier alpha value is -1.85. The molecule has 6 heteroatoms. The van der Waals surface area contributed by atoms with Gasteiger partial charge in [-0.3, -0.25) is 4.79 Å². The highest BCUT2D eigenvalue weighted by molar-refractivity contribution is 6.32. The number of nitrogens with zero attached hydrogens (tertiary/aromatic N) is 2. The molecule has 0 unspecified atom stereocenters. The number of halogens is 1. The minimum Gasteiger partial charge on any atom is -0.354 e. The summed E-state index contributed by atoms with van der Waals surface area (Å²) in [5, 5.41) is 7.24. The topological polar surface area (TPSA) is 72.9 Å². The predicted molar refractivity (Wildman–Crippen MR) is 74.6 cm³/mol. The smallest absolute Gasteiger partial charge is 0.271 e.